The lowest BCUT2D eigenvalue weighted by Gasteiger charge is -2.05. The SMILES string of the molecule is O=C(Nc1scnc1-c1ccccc1)C1CC1c1cccnc1. The number of carbonyl (C=O) groups is 1. The Morgan fingerprint density at radius 3 is 2.83 bits per heavy atom. The molecule has 0 aliphatic heterocycles. The van der Waals surface area contributed by atoms with Gasteiger partial charge in [0.1, 0.15) is 10.7 Å². The zero-order valence-electron chi connectivity index (χ0n) is 12.3. The van der Waals surface area contributed by atoms with Crippen molar-refractivity contribution in [1.29, 1.82) is 0 Å². The third-order valence-electron chi connectivity index (χ3n) is 4.09. The standard InChI is InChI=1S/C18H15N3OS/c22-17(15-9-14(15)13-7-4-8-19-10-13)21-18-16(20-11-23-18)12-5-2-1-3-6-12/h1-8,10-11,14-15H,9H2,(H,21,22). The topological polar surface area (TPSA) is 54.9 Å². The van der Waals surface area contributed by atoms with Crippen LogP contribution in [0.25, 0.3) is 11.3 Å². The Labute approximate surface area is 138 Å². The molecule has 1 N–H and O–H groups in total. The molecular weight excluding hydrogens is 306 g/mol. The fourth-order valence-corrected chi connectivity index (χ4v) is 3.49. The van der Waals surface area contributed by atoms with Gasteiger partial charge in [0.05, 0.1) is 5.51 Å². The number of carbonyl (C=O) groups excluding carboxylic acids is 1. The van der Waals surface area contributed by atoms with Crippen molar-refractivity contribution in [3.63, 3.8) is 0 Å². The van der Waals surface area contributed by atoms with Gasteiger partial charge >= 0.3 is 0 Å². The number of hydrogen-bond acceptors (Lipinski definition) is 4. The fraction of sp³-hybridized carbons (Fsp3) is 0.167. The molecule has 23 heavy (non-hydrogen) atoms. The molecule has 1 fully saturated rings. The number of benzene rings is 1. The smallest absolute Gasteiger partial charge is 0.228 e. The van der Waals surface area contributed by atoms with Crippen LogP contribution in [-0.2, 0) is 4.79 Å². The summed E-state index contributed by atoms with van der Waals surface area (Å²) in [6.45, 7) is 0. The van der Waals surface area contributed by atoms with Crippen LogP contribution in [0.5, 0.6) is 0 Å². The highest BCUT2D eigenvalue weighted by Crippen LogP contribution is 2.48. The maximum atomic E-state index is 12.5. The number of pyridine rings is 1. The Morgan fingerprint density at radius 1 is 1.17 bits per heavy atom. The Morgan fingerprint density at radius 2 is 2.04 bits per heavy atom. The second-order valence-corrected chi connectivity index (χ2v) is 6.48. The molecule has 4 rings (SSSR count). The predicted octanol–water partition coefficient (Wildman–Crippen LogP) is 3.95. The van der Waals surface area contributed by atoms with Crippen molar-refractivity contribution in [3.8, 4) is 11.3 Å². The van der Waals surface area contributed by atoms with Crippen molar-refractivity contribution in [2.75, 3.05) is 5.32 Å². The van der Waals surface area contributed by atoms with E-state index in [9.17, 15) is 4.79 Å². The number of nitrogens with zero attached hydrogens (tertiary/aromatic N) is 2. The molecule has 2 aromatic heterocycles. The molecular formula is C18H15N3OS. The molecule has 0 bridgehead atoms. The molecule has 3 aromatic rings. The largest absolute Gasteiger partial charge is 0.316 e. The summed E-state index contributed by atoms with van der Waals surface area (Å²) in [5.74, 6) is 0.391. The summed E-state index contributed by atoms with van der Waals surface area (Å²) in [4.78, 5) is 21.0. The van der Waals surface area contributed by atoms with Crippen LogP contribution in [0.1, 0.15) is 17.9 Å². The molecule has 0 spiro atoms. The van der Waals surface area contributed by atoms with Gasteiger partial charge in [0, 0.05) is 23.9 Å². The van der Waals surface area contributed by atoms with Crippen LogP contribution in [0.2, 0.25) is 0 Å². The average Bonchev–Trinajstić information content (AvgIpc) is 3.29. The quantitative estimate of drug-likeness (QED) is 0.791. The van der Waals surface area contributed by atoms with E-state index in [4.69, 9.17) is 0 Å². The normalized spacial score (nSPS) is 19.3. The first-order valence-electron chi connectivity index (χ1n) is 7.52. The molecule has 1 aromatic carbocycles. The van der Waals surface area contributed by atoms with Crippen LogP contribution in [0, 0.1) is 5.92 Å². The van der Waals surface area contributed by atoms with Crippen molar-refractivity contribution >= 4 is 22.2 Å². The first kappa shape index (κ1) is 14.1. The zero-order valence-corrected chi connectivity index (χ0v) is 13.2. The van der Waals surface area contributed by atoms with Crippen molar-refractivity contribution in [2.24, 2.45) is 5.92 Å². The second kappa shape index (κ2) is 5.93. The number of aromatic nitrogens is 2. The van der Waals surface area contributed by atoms with Gasteiger partial charge in [-0.25, -0.2) is 4.98 Å². The minimum Gasteiger partial charge on any atom is -0.316 e. The second-order valence-electron chi connectivity index (χ2n) is 5.62. The van der Waals surface area contributed by atoms with Crippen molar-refractivity contribution in [1.82, 2.24) is 9.97 Å². The molecule has 2 atom stereocenters. The molecule has 2 unspecified atom stereocenters. The molecule has 0 saturated heterocycles. The van der Waals surface area contributed by atoms with Crippen LogP contribution in [-0.4, -0.2) is 15.9 Å². The van der Waals surface area contributed by atoms with Crippen LogP contribution >= 0.6 is 11.3 Å². The first-order chi connectivity index (χ1) is 11.3. The van der Waals surface area contributed by atoms with Gasteiger partial charge in [-0.15, -0.1) is 11.3 Å². The van der Waals surface area contributed by atoms with Crippen molar-refractivity contribution in [2.45, 2.75) is 12.3 Å². The molecule has 1 aliphatic carbocycles. The lowest BCUT2D eigenvalue weighted by molar-refractivity contribution is -0.117. The number of hydrogen-bond donors (Lipinski definition) is 1. The summed E-state index contributed by atoms with van der Waals surface area (Å²) in [6.07, 6.45) is 4.49. The fourth-order valence-electron chi connectivity index (χ4n) is 2.79. The summed E-state index contributed by atoms with van der Waals surface area (Å²) in [5.41, 5.74) is 4.76. The van der Waals surface area contributed by atoms with Crippen molar-refractivity contribution < 1.29 is 4.79 Å². The number of rotatable bonds is 4. The van der Waals surface area contributed by atoms with E-state index < -0.39 is 0 Å². The van der Waals surface area contributed by atoms with Gasteiger partial charge in [0.15, 0.2) is 0 Å². The van der Waals surface area contributed by atoms with Crippen LogP contribution in [0.15, 0.2) is 60.4 Å². The lowest BCUT2D eigenvalue weighted by Crippen LogP contribution is -2.14. The number of amides is 1. The summed E-state index contributed by atoms with van der Waals surface area (Å²) < 4.78 is 0. The molecule has 1 aliphatic rings. The van der Waals surface area contributed by atoms with Crippen LogP contribution in [0.4, 0.5) is 5.00 Å². The Bertz CT molecular complexity index is 817. The minimum atomic E-state index is 0.0323. The summed E-state index contributed by atoms with van der Waals surface area (Å²) in [6, 6.07) is 13.9. The van der Waals surface area contributed by atoms with E-state index in [-0.39, 0.29) is 17.7 Å². The van der Waals surface area contributed by atoms with E-state index in [1.807, 2.05) is 48.7 Å². The van der Waals surface area contributed by atoms with Crippen LogP contribution in [0.3, 0.4) is 0 Å². The van der Waals surface area contributed by atoms with E-state index in [1.165, 1.54) is 11.3 Å². The average molecular weight is 321 g/mol. The maximum Gasteiger partial charge on any atom is 0.228 e. The Balaban J connectivity index is 1.48. The first-order valence-corrected chi connectivity index (χ1v) is 8.40. The number of nitrogens with one attached hydrogen (secondary N) is 1. The van der Waals surface area contributed by atoms with Crippen molar-refractivity contribution in [3.05, 3.63) is 65.9 Å². The minimum absolute atomic E-state index is 0.0323. The van der Waals surface area contributed by atoms with Gasteiger partial charge in [-0.2, -0.15) is 0 Å². The number of thiazole rings is 1. The Kier molecular flexibility index (Phi) is 3.63. The van der Waals surface area contributed by atoms with E-state index in [0.717, 1.165) is 28.2 Å². The predicted molar refractivity (Wildman–Crippen MR) is 91.3 cm³/mol. The van der Waals surface area contributed by atoms with Gasteiger partial charge in [-0.05, 0) is 24.0 Å². The van der Waals surface area contributed by atoms with E-state index in [2.05, 4.69) is 15.3 Å². The molecule has 4 nitrogen and oxygen atoms in total. The highest BCUT2D eigenvalue weighted by molar-refractivity contribution is 7.14. The van der Waals surface area contributed by atoms with E-state index in [0.29, 0.717) is 0 Å². The van der Waals surface area contributed by atoms with Gasteiger partial charge in [0.2, 0.25) is 5.91 Å². The lowest BCUT2D eigenvalue weighted by atomic mass is 10.1. The maximum absolute atomic E-state index is 12.5. The molecule has 2 heterocycles. The highest BCUT2D eigenvalue weighted by Gasteiger charge is 2.44. The van der Waals surface area contributed by atoms with Crippen LogP contribution < -0.4 is 5.32 Å². The zero-order chi connectivity index (χ0) is 15.6. The van der Waals surface area contributed by atoms with Gasteiger partial charge in [-0.1, -0.05) is 36.4 Å². The summed E-state index contributed by atoms with van der Waals surface area (Å²) in [7, 11) is 0. The third-order valence-corrected chi connectivity index (χ3v) is 4.83. The molecule has 5 heteroatoms. The highest BCUT2D eigenvalue weighted by atomic mass is 32.1. The summed E-state index contributed by atoms with van der Waals surface area (Å²) in [5, 5.41) is 3.86. The van der Waals surface area contributed by atoms with E-state index in [1.54, 1.807) is 11.7 Å². The molecule has 114 valence electrons. The van der Waals surface area contributed by atoms with E-state index >= 15 is 0 Å². The van der Waals surface area contributed by atoms with Gasteiger partial charge in [-0.3, -0.25) is 9.78 Å². The number of anilines is 1. The molecule has 1 amide bonds. The van der Waals surface area contributed by atoms with Gasteiger partial charge < -0.3 is 5.32 Å². The Hall–Kier alpha value is -2.53. The van der Waals surface area contributed by atoms with Gasteiger partial charge in [0.25, 0.3) is 0 Å². The molecule has 1 saturated carbocycles. The third kappa shape index (κ3) is 2.87. The summed E-state index contributed by atoms with van der Waals surface area (Å²) >= 11 is 1.46. The monoisotopic (exact) mass is 321 g/mol. The molecule has 0 radical (unpaired) electrons.